The molecule has 0 bridgehead atoms. The summed E-state index contributed by atoms with van der Waals surface area (Å²) >= 11 is 0. The summed E-state index contributed by atoms with van der Waals surface area (Å²) in [5.41, 5.74) is 0. The zero-order valence-corrected chi connectivity index (χ0v) is 10.7. The lowest BCUT2D eigenvalue weighted by atomic mass is 10.1. The van der Waals surface area contributed by atoms with E-state index in [0.717, 1.165) is 32.6 Å². The Balaban J connectivity index is 0.000000980. The van der Waals surface area contributed by atoms with Gasteiger partial charge in [-0.3, -0.25) is 4.90 Å². The smallest absolute Gasteiger partial charge is 0.0695 e. The van der Waals surface area contributed by atoms with E-state index in [1.807, 2.05) is 0 Å². The minimum absolute atomic E-state index is 0. The van der Waals surface area contributed by atoms with Gasteiger partial charge in [0, 0.05) is 19.1 Å². The molecule has 1 aliphatic heterocycles. The highest BCUT2D eigenvalue weighted by atomic mass is 35.5. The van der Waals surface area contributed by atoms with E-state index in [-0.39, 0.29) is 30.9 Å². The quantitative estimate of drug-likeness (QED) is 0.736. The molecular formula is C10H22Cl2N2O. The van der Waals surface area contributed by atoms with Crippen LogP contribution in [0.4, 0.5) is 0 Å². The number of nitrogens with one attached hydrogen (secondary N) is 1. The summed E-state index contributed by atoms with van der Waals surface area (Å²) in [5.74, 6) is 0. The van der Waals surface area contributed by atoms with Crippen LogP contribution in [-0.4, -0.2) is 48.3 Å². The van der Waals surface area contributed by atoms with E-state index in [9.17, 15) is 5.11 Å². The van der Waals surface area contributed by atoms with Crippen LogP contribution in [0.15, 0.2) is 0 Å². The Kier molecular flexibility index (Phi) is 7.92. The molecule has 2 N–H and O–H groups in total. The molecule has 0 aromatic carbocycles. The maximum atomic E-state index is 9.77. The van der Waals surface area contributed by atoms with Crippen LogP contribution in [0.2, 0.25) is 0 Å². The molecule has 1 saturated heterocycles. The maximum Gasteiger partial charge on any atom is 0.0695 e. The van der Waals surface area contributed by atoms with E-state index >= 15 is 0 Å². The number of aliphatic hydroxyl groups is 1. The van der Waals surface area contributed by atoms with Gasteiger partial charge in [0.05, 0.1) is 6.10 Å². The van der Waals surface area contributed by atoms with Crippen molar-refractivity contribution in [1.82, 2.24) is 10.2 Å². The summed E-state index contributed by atoms with van der Waals surface area (Å²) in [6, 6.07) is 0.458. The van der Waals surface area contributed by atoms with Crippen LogP contribution in [-0.2, 0) is 0 Å². The minimum atomic E-state index is -0.0573. The molecule has 1 aliphatic carbocycles. The van der Waals surface area contributed by atoms with Gasteiger partial charge in [-0.2, -0.15) is 0 Å². The first-order valence-electron chi connectivity index (χ1n) is 5.51. The fraction of sp³-hybridized carbons (Fsp3) is 1.00. The van der Waals surface area contributed by atoms with Gasteiger partial charge in [-0.1, -0.05) is 0 Å². The maximum absolute atomic E-state index is 9.77. The van der Waals surface area contributed by atoms with Crippen molar-refractivity contribution < 1.29 is 5.11 Å². The monoisotopic (exact) mass is 256 g/mol. The molecule has 2 fully saturated rings. The van der Waals surface area contributed by atoms with E-state index in [2.05, 4.69) is 10.2 Å². The number of hydrogen-bond acceptors (Lipinski definition) is 3. The molecule has 92 valence electrons. The van der Waals surface area contributed by atoms with Crippen molar-refractivity contribution in [1.29, 1.82) is 0 Å². The van der Waals surface area contributed by atoms with Crippen molar-refractivity contribution in [2.24, 2.45) is 0 Å². The Morgan fingerprint density at radius 2 is 1.80 bits per heavy atom. The van der Waals surface area contributed by atoms with Gasteiger partial charge in [0.2, 0.25) is 0 Å². The molecule has 15 heavy (non-hydrogen) atoms. The highest BCUT2D eigenvalue weighted by Crippen LogP contribution is 2.24. The van der Waals surface area contributed by atoms with Crippen molar-refractivity contribution in [2.45, 2.75) is 37.8 Å². The van der Waals surface area contributed by atoms with Crippen molar-refractivity contribution in [3.63, 3.8) is 0 Å². The van der Waals surface area contributed by atoms with Crippen LogP contribution in [0.25, 0.3) is 0 Å². The summed E-state index contributed by atoms with van der Waals surface area (Å²) in [4.78, 5) is 2.47. The molecule has 0 amide bonds. The van der Waals surface area contributed by atoms with Crippen LogP contribution in [0, 0.1) is 0 Å². The van der Waals surface area contributed by atoms with Crippen LogP contribution >= 0.6 is 24.8 Å². The van der Waals surface area contributed by atoms with Gasteiger partial charge in [0.25, 0.3) is 0 Å². The average molecular weight is 257 g/mol. The fourth-order valence-corrected chi connectivity index (χ4v) is 2.55. The van der Waals surface area contributed by atoms with Crippen LogP contribution in [0.3, 0.4) is 0 Å². The highest BCUT2D eigenvalue weighted by molar-refractivity contribution is 5.85. The van der Waals surface area contributed by atoms with E-state index in [4.69, 9.17) is 0 Å². The Labute approximate surface area is 104 Å². The largest absolute Gasteiger partial charge is 0.391 e. The van der Waals surface area contributed by atoms with Crippen LogP contribution in [0.5, 0.6) is 0 Å². The van der Waals surface area contributed by atoms with Gasteiger partial charge in [-0.25, -0.2) is 0 Å². The molecule has 2 atom stereocenters. The first kappa shape index (κ1) is 15.5. The summed E-state index contributed by atoms with van der Waals surface area (Å²) in [5, 5.41) is 13.2. The predicted octanol–water partition coefficient (Wildman–Crippen LogP) is 1.04. The van der Waals surface area contributed by atoms with E-state index < -0.39 is 0 Å². The van der Waals surface area contributed by atoms with E-state index in [1.165, 1.54) is 19.3 Å². The number of rotatable bonds is 1. The molecule has 0 aromatic rings. The van der Waals surface area contributed by atoms with Crippen molar-refractivity contribution in [3.8, 4) is 0 Å². The number of hydrogen-bond donors (Lipinski definition) is 2. The molecule has 2 unspecified atom stereocenters. The van der Waals surface area contributed by atoms with Gasteiger partial charge < -0.3 is 10.4 Å². The molecule has 3 nitrogen and oxygen atoms in total. The zero-order chi connectivity index (χ0) is 9.10. The fourth-order valence-electron chi connectivity index (χ4n) is 2.55. The second-order valence-electron chi connectivity index (χ2n) is 4.21. The summed E-state index contributed by atoms with van der Waals surface area (Å²) in [6.07, 6.45) is 4.58. The van der Waals surface area contributed by atoms with Gasteiger partial charge in [-0.05, 0) is 38.8 Å². The van der Waals surface area contributed by atoms with Crippen molar-refractivity contribution in [2.75, 3.05) is 26.2 Å². The lowest BCUT2D eigenvalue weighted by Gasteiger charge is -2.29. The molecule has 5 heteroatoms. The standard InChI is InChI=1S/C10H20N2O.2ClH/c13-10-4-1-3-9(10)12-7-2-5-11-6-8-12;;/h9-11,13H,1-8H2;2*1H. The number of halogens is 2. The Bertz CT molecular complexity index is 164. The normalized spacial score (nSPS) is 32.6. The summed E-state index contributed by atoms with van der Waals surface area (Å²) < 4.78 is 0. The lowest BCUT2D eigenvalue weighted by molar-refractivity contribution is 0.0747. The van der Waals surface area contributed by atoms with Gasteiger partial charge >= 0.3 is 0 Å². The van der Waals surface area contributed by atoms with E-state index in [0.29, 0.717) is 6.04 Å². The Morgan fingerprint density at radius 3 is 2.47 bits per heavy atom. The molecule has 1 heterocycles. The predicted molar refractivity (Wildman–Crippen MR) is 67.2 cm³/mol. The first-order chi connectivity index (χ1) is 6.38. The molecule has 2 aliphatic rings. The SMILES string of the molecule is Cl.Cl.OC1CCCC1N1CCCNCC1. The number of aliphatic hydroxyl groups excluding tert-OH is 1. The highest BCUT2D eigenvalue weighted by Gasteiger charge is 2.30. The topological polar surface area (TPSA) is 35.5 Å². The van der Waals surface area contributed by atoms with Crippen LogP contribution in [0.1, 0.15) is 25.7 Å². The third-order valence-corrected chi connectivity index (χ3v) is 3.29. The second-order valence-corrected chi connectivity index (χ2v) is 4.21. The van der Waals surface area contributed by atoms with Crippen molar-refractivity contribution >= 4 is 24.8 Å². The minimum Gasteiger partial charge on any atom is -0.391 e. The Morgan fingerprint density at radius 1 is 1.00 bits per heavy atom. The molecule has 1 saturated carbocycles. The number of nitrogens with zero attached hydrogens (tertiary/aromatic N) is 1. The third kappa shape index (κ3) is 4.08. The van der Waals surface area contributed by atoms with Gasteiger partial charge in [-0.15, -0.1) is 24.8 Å². The summed E-state index contributed by atoms with van der Waals surface area (Å²) in [7, 11) is 0. The molecule has 0 radical (unpaired) electrons. The first-order valence-corrected chi connectivity index (χ1v) is 5.51. The van der Waals surface area contributed by atoms with E-state index in [1.54, 1.807) is 0 Å². The molecule has 2 rings (SSSR count). The van der Waals surface area contributed by atoms with Crippen molar-refractivity contribution in [3.05, 3.63) is 0 Å². The van der Waals surface area contributed by atoms with Crippen LogP contribution < -0.4 is 5.32 Å². The average Bonchev–Trinajstić information content (AvgIpc) is 2.43. The lowest BCUT2D eigenvalue weighted by Crippen LogP contribution is -2.42. The molecule has 0 spiro atoms. The molecule has 0 aromatic heterocycles. The molecular weight excluding hydrogens is 235 g/mol. The Hall–Kier alpha value is 0.460. The van der Waals surface area contributed by atoms with Gasteiger partial charge in [0.1, 0.15) is 0 Å². The summed E-state index contributed by atoms with van der Waals surface area (Å²) in [6.45, 7) is 4.50. The van der Waals surface area contributed by atoms with Gasteiger partial charge in [0.15, 0.2) is 0 Å². The second kappa shape index (κ2) is 7.69. The third-order valence-electron chi connectivity index (χ3n) is 3.29. The zero-order valence-electron chi connectivity index (χ0n) is 9.02.